The van der Waals surface area contributed by atoms with Crippen molar-refractivity contribution in [2.24, 2.45) is 0 Å². The van der Waals surface area contributed by atoms with Crippen molar-refractivity contribution in [1.29, 1.82) is 0 Å². The number of hydrogen-bond donors (Lipinski definition) is 2. The largest absolute Gasteiger partial charge is 0.403 e. The molecule has 1 fully saturated rings. The van der Waals surface area contributed by atoms with Crippen LogP contribution in [0.2, 0.25) is 0 Å². The van der Waals surface area contributed by atoms with Crippen molar-refractivity contribution >= 4 is 29.4 Å². The minimum atomic E-state index is -0.109. The summed E-state index contributed by atoms with van der Waals surface area (Å²) in [5.41, 5.74) is 2.05. The van der Waals surface area contributed by atoms with E-state index in [0.717, 1.165) is 30.6 Å². The fraction of sp³-hybridized carbons (Fsp3) is 0.409. The van der Waals surface area contributed by atoms with Crippen LogP contribution in [0.1, 0.15) is 37.0 Å². The van der Waals surface area contributed by atoms with Crippen LogP contribution in [-0.2, 0) is 0 Å². The first-order valence-electron chi connectivity index (χ1n) is 10.9. The van der Waals surface area contributed by atoms with Crippen LogP contribution in [0.5, 0.6) is 0 Å². The number of amides is 1. The van der Waals surface area contributed by atoms with Gasteiger partial charge in [-0.25, -0.2) is 4.98 Å². The molecule has 1 aromatic carbocycles. The van der Waals surface area contributed by atoms with E-state index >= 15 is 0 Å². The van der Waals surface area contributed by atoms with Crippen LogP contribution in [0.4, 0.5) is 23.5 Å². The normalized spacial score (nSPS) is 17.9. The number of carbonyl (C=O) groups is 1. The molecule has 0 saturated carbocycles. The molecule has 2 aliphatic rings. The van der Waals surface area contributed by atoms with E-state index in [0.29, 0.717) is 35.8 Å². The highest BCUT2D eigenvalue weighted by Crippen LogP contribution is 2.35. The van der Waals surface area contributed by atoms with E-state index in [1.807, 2.05) is 43.0 Å². The summed E-state index contributed by atoms with van der Waals surface area (Å²) in [7, 11) is 1.78. The zero-order chi connectivity index (χ0) is 22.2. The Bertz CT molecular complexity index is 1140. The van der Waals surface area contributed by atoms with E-state index in [1.165, 1.54) is 0 Å². The van der Waals surface area contributed by atoms with Crippen molar-refractivity contribution < 1.29 is 9.21 Å². The lowest BCUT2D eigenvalue weighted by Crippen LogP contribution is -2.39. The van der Waals surface area contributed by atoms with Crippen LogP contribution in [0.15, 0.2) is 34.9 Å². The van der Waals surface area contributed by atoms with Gasteiger partial charge in [0, 0.05) is 49.7 Å². The minimum absolute atomic E-state index is 0.109. The van der Waals surface area contributed by atoms with E-state index in [2.05, 4.69) is 35.7 Å². The molecule has 0 radical (unpaired) electrons. The van der Waals surface area contributed by atoms with Crippen LogP contribution in [0, 0.1) is 0 Å². The Morgan fingerprint density at radius 3 is 2.94 bits per heavy atom. The summed E-state index contributed by atoms with van der Waals surface area (Å²) in [6, 6.07) is 8.40. The van der Waals surface area contributed by atoms with E-state index in [1.54, 1.807) is 13.2 Å². The van der Waals surface area contributed by atoms with Crippen LogP contribution in [0.3, 0.4) is 0 Å². The first-order chi connectivity index (χ1) is 15.5. The Hall–Kier alpha value is -3.69. The van der Waals surface area contributed by atoms with Gasteiger partial charge in [-0.2, -0.15) is 4.98 Å². The molecule has 1 unspecified atom stereocenters. The molecule has 3 aromatic rings. The van der Waals surface area contributed by atoms with Crippen molar-refractivity contribution in [3.8, 4) is 11.5 Å². The zero-order valence-electron chi connectivity index (χ0n) is 18.4. The lowest BCUT2D eigenvalue weighted by atomic mass is 10.1. The first-order valence-corrected chi connectivity index (χ1v) is 10.9. The number of nitrogens with one attached hydrogen (secondary N) is 2. The third-order valence-electron chi connectivity index (χ3n) is 5.75. The molecule has 10 nitrogen and oxygen atoms in total. The molecule has 32 heavy (non-hydrogen) atoms. The quantitative estimate of drug-likeness (QED) is 0.626. The maximum Gasteiger partial charge on any atom is 0.315 e. The van der Waals surface area contributed by atoms with Crippen molar-refractivity contribution in [3.05, 3.63) is 36.0 Å². The van der Waals surface area contributed by atoms with Crippen molar-refractivity contribution in [3.63, 3.8) is 0 Å². The molecule has 0 spiro atoms. The average molecular weight is 435 g/mol. The first kappa shape index (κ1) is 20.2. The summed E-state index contributed by atoms with van der Waals surface area (Å²) in [6.45, 7) is 5.47. The van der Waals surface area contributed by atoms with E-state index < -0.39 is 0 Å². The highest BCUT2D eigenvalue weighted by atomic mass is 16.4. The Morgan fingerprint density at radius 2 is 2.12 bits per heavy atom. The topological polar surface area (TPSA) is 112 Å². The molecular formula is C22H26N8O2. The van der Waals surface area contributed by atoms with Gasteiger partial charge in [-0.15, -0.1) is 5.10 Å². The Morgan fingerprint density at radius 1 is 1.25 bits per heavy atom. The summed E-state index contributed by atoms with van der Waals surface area (Å²) in [4.78, 5) is 26.5. The van der Waals surface area contributed by atoms with Gasteiger partial charge in [-0.3, -0.25) is 4.79 Å². The van der Waals surface area contributed by atoms with Gasteiger partial charge < -0.3 is 24.9 Å². The molecule has 5 rings (SSSR count). The van der Waals surface area contributed by atoms with Gasteiger partial charge in [-0.05, 0) is 44.9 Å². The maximum atomic E-state index is 13.6. The number of nitrogens with zero attached hydrogens (tertiary/aromatic N) is 6. The summed E-state index contributed by atoms with van der Waals surface area (Å²) in [6.07, 6.45) is 3.70. The minimum Gasteiger partial charge on any atom is -0.403 e. The van der Waals surface area contributed by atoms with Crippen LogP contribution in [-0.4, -0.2) is 58.3 Å². The third-order valence-corrected chi connectivity index (χ3v) is 5.75. The zero-order valence-corrected chi connectivity index (χ0v) is 18.4. The molecule has 1 atom stereocenters. The van der Waals surface area contributed by atoms with Gasteiger partial charge in [0.2, 0.25) is 11.8 Å². The number of hydrogen-bond acceptors (Lipinski definition) is 9. The Kier molecular flexibility index (Phi) is 5.12. The molecule has 0 aliphatic carbocycles. The summed E-state index contributed by atoms with van der Waals surface area (Å²) >= 11 is 0. The molecule has 4 heterocycles. The number of benzene rings is 1. The highest BCUT2D eigenvalue weighted by Gasteiger charge is 2.37. The third kappa shape index (κ3) is 3.61. The summed E-state index contributed by atoms with van der Waals surface area (Å²) in [5.74, 6) is 1.51. The maximum absolute atomic E-state index is 13.6. The number of anilines is 4. The second-order valence-corrected chi connectivity index (χ2v) is 8.35. The molecule has 166 valence electrons. The lowest BCUT2D eigenvalue weighted by Gasteiger charge is -2.27. The predicted octanol–water partition coefficient (Wildman–Crippen LogP) is 3.02. The van der Waals surface area contributed by atoms with Gasteiger partial charge in [0.1, 0.15) is 11.4 Å². The fourth-order valence-electron chi connectivity index (χ4n) is 4.28. The van der Waals surface area contributed by atoms with E-state index in [9.17, 15) is 4.79 Å². The van der Waals surface area contributed by atoms with Crippen LogP contribution in [0.25, 0.3) is 11.5 Å². The van der Waals surface area contributed by atoms with Crippen molar-refractivity contribution in [1.82, 2.24) is 20.2 Å². The van der Waals surface area contributed by atoms with E-state index in [4.69, 9.17) is 4.42 Å². The molecular weight excluding hydrogens is 408 g/mol. The summed E-state index contributed by atoms with van der Waals surface area (Å²) < 4.78 is 5.75. The second kappa shape index (κ2) is 8.10. The molecule has 1 amide bonds. The van der Waals surface area contributed by atoms with E-state index in [-0.39, 0.29) is 18.0 Å². The Balaban J connectivity index is 1.51. The number of aromatic nitrogens is 4. The van der Waals surface area contributed by atoms with Gasteiger partial charge in [-0.1, -0.05) is 11.2 Å². The van der Waals surface area contributed by atoms with Gasteiger partial charge in [0.25, 0.3) is 5.91 Å². The standard InChI is InChI=1S/C22H26N8O2/c1-13(2)25-22-28-27-19(32-22)14-6-4-7-15(10-14)30-12-16-8-5-9-29(16)18-17(20(30)31)11-24-21(23-3)26-18/h4,6-7,10-11,13,16H,5,8-9,12H2,1-3H3,(H,25,28)(H,23,24,26). The monoisotopic (exact) mass is 434 g/mol. The number of rotatable bonds is 5. The Labute approximate surface area is 186 Å². The van der Waals surface area contributed by atoms with Crippen LogP contribution < -0.4 is 20.4 Å². The van der Waals surface area contributed by atoms with Crippen molar-refractivity contribution in [2.45, 2.75) is 38.8 Å². The van der Waals surface area contributed by atoms with Crippen molar-refractivity contribution in [2.75, 3.05) is 40.6 Å². The van der Waals surface area contributed by atoms with Crippen LogP contribution >= 0.6 is 0 Å². The molecule has 10 heteroatoms. The lowest BCUT2D eigenvalue weighted by molar-refractivity contribution is 0.0988. The number of fused-ring (bicyclic) bond motifs is 3. The van der Waals surface area contributed by atoms with Gasteiger partial charge >= 0.3 is 6.01 Å². The average Bonchev–Trinajstić information content (AvgIpc) is 3.43. The molecule has 1 saturated heterocycles. The molecule has 2 aromatic heterocycles. The highest BCUT2D eigenvalue weighted by molar-refractivity contribution is 6.10. The fourth-order valence-corrected chi connectivity index (χ4v) is 4.28. The molecule has 0 bridgehead atoms. The second-order valence-electron chi connectivity index (χ2n) is 8.35. The SMILES string of the molecule is CNc1ncc2c(n1)N1CCCC1CN(c1cccc(-c3nnc(NC(C)C)o3)c1)C2=O. The smallest absolute Gasteiger partial charge is 0.315 e. The summed E-state index contributed by atoms with van der Waals surface area (Å²) in [5, 5.41) is 14.3. The number of carbonyl (C=O) groups excluding carboxylic acids is 1. The predicted molar refractivity (Wildman–Crippen MR) is 122 cm³/mol. The van der Waals surface area contributed by atoms with Gasteiger partial charge in [0.15, 0.2) is 0 Å². The molecule has 2 aliphatic heterocycles. The molecule has 2 N–H and O–H groups in total. The van der Waals surface area contributed by atoms with Gasteiger partial charge in [0.05, 0.1) is 0 Å².